The molecule has 0 aliphatic carbocycles. The van der Waals surface area contributed by atoms with Crippen molar-refractivity contribution in [3.63, 3.8) is 0 Å². The van der Waals surface area contributed by atoms with E-state index in [4.69, 9.17) is 9.15 Å². The summed E-state index contributed by atoms with van der Waals surface area (Å²) < 4.78 is 50.4. The molecule has 0 radical (unpaired) electrons. The van der Waals surface area contributed by atoms with E-state index in [9.17, 15) is 22.8 Å². The van der Waals surface area contributed by atoms with Crippen LogP contribution in [0.3, 0.4) is 0 Å². The smallest absolute Gasteiger partial charge is 0.416 e. The Morgan fingerprint density at radius 1 is 1.12 bits per heavy atom. The van der Waals surface area contributed by atoms with Gasteiger partial charge < -0.3 is 14.1 Å². The van der Waals surface area contributed by atoms with Gasteiger partial charge in [0, 0.05) is 42.4 Å². The number of rotatable bonds is 6. The van der Waals surface area contributed by atoms with Crippen molar-refractivity contribution in [3.05, 3.63) is 75.1 Å². The Morgan fingerprint density at radius 3 is 2.56 bits per heavy atom. The van der Waals surface area contributed by atoms with Crippen molar-refractivity contribution in [1.29, 1.82) is 0 Å². The first-order chi connectivity index (χ1) is 16.1. The average Bonchev–Trinajstić information content (AvgIpc) is 2.78. The second kappa shape index (κ2) is 9.62. The Kier molecular flexibility index (Phi) is 6.79. The third kappa shape index (κ3) is 5.50. The molecule has 5 nitrogen and oxygen atoms in total. The van der Waals surface area contributed by atoms with Gasteiger partial charge in [0.15, 0.2) is 0 Å². The molecule has 2 aromatic carbocycles. The number of Topliss-reactive ketones (excluding diaryl/α,β-unsaturated/α-hetero) is 1. The summed E-state index contributed by atoms with van der Waals surface area (Å²) in [6.45, 7) is 3.75. The molecule has 1 fully saturated rings. The molecule has 1 aliphatic rings. The van der Waals surface area contributed by atoms with Crippen molar-refractivity contribution in [3.8, 4) is 5.75 Å². The SMILES string of the molecule is Cc1c(OC2CCN(C)CC2)ccc2cc(CC(=O)Cc3cccc(C(F)(F)F)c3)c(=O)oc12. The van der Waals surface area contributed by atoms with Crippen LogP contribution in [0, 0.1) is 6.92 Å². The molecule has 0 saturated carbocycles. The van der Waals surface area contributed by atoms with Crippen LogP contribution >= 0.6 is 0 Å². The van der Waals surface area contributed by atoms with E-state index < -0.39 is 17.4 Å². The van der Waals surface area contributed by atoms with E-state index in [1.54, 1.807) is 12.1 Å². The Morgan fingerprint density at radius 2 is 1.85 bits per heavy atom. The number of piperidine rings is 1. The van der Waals surface area contributed by atoms with Crippen LogP contribution in [0.4, 0.5) is 13.2 Å². The van der Waals surface area contributed by atoms with Crippen molar-refractivity contribution in [2.75, 3.05) is 20.1 Å². The summed E-state index contributed by atoms with van der Waals surface area (Å²) >= 11 is 0. The first-order valence-corrected chi connectivity index (χ1v) is 11.2. The highest BCUT2D eigenvalue weighted by Crippen LogP contribution is 2.31. The van der Waals surface area contributed by atoms with Crippen molar-refractivity contribution >= 4 is 16.8 Å². The van der Waals surface area contributed by atoms with Crippen molar-refractivity contribution in [2.45, 2.75) is 44.9 Å². The lowest BCUT2D eigenvalue weighted by atomic mass is 10.0. The number of ether oxygens (including phenoxy) is 1. The second-order valence-corrected chi connectivity index (χ2v) is 8.88. The van der Waals surface area contributed by atoms with E-state index in [0.29, 0.717) is 16.7 Å². The highest BCUT2D eigenvalue weighted by atomic mass is 19.4. The minimum absolute atomic E-state index is 0.104. The number of ketones is 1. The first-order valence-electron chi connectivity index (χ1n) is 11.2. The number of carbonyl (C=O) groups is 1. The number of halogens is 3. The molecule has 1 aliphatic heterocycles. The lowest BCUT2D eigenvalue weighted by molar-refractivity contribution is -0.137. The maximum absolute atomic E-state index is 12.9. The molecule has 34 heavy (non-hydrogen) atoms. The molecule has 1 saturated heterocycles. The fourth-order valence-corrected chi connectivity index (χ4v) is 4.24. The minimum atomic E-state index is -4.48. The zero-order chi connectivity index (χ0) is 24.5. The Balaban J connectivity index is 1.50. The molecule has 0 unspecified atom stereocenters. The predicted octanol–water partition coefficient (Wildman–Crippen LogP) is 4.95. The quantitative estimate of drug-likeness (QED) is 0.475. The fourth-order valence-electron chi connectivity index (χ4n) is 4.24. The van der Waals surface area contributed by atoms with E-state index in [0.717, 1.165) is 43.6 Å². The molecule has 0 atom stereocenters. The number of hydrogen-bond donors (Lipinski definition) is 0. The number of nitrogens with zero attached hydrogens (tertiary/aromatic N) is 1. The molecule has 1 aromatic heterocycles. The molecular weight excluding hydrogens is 447 g/mol. The van der Waals surface area contributed by atoms with Gasteiger partial charge in [0.05, 0.1) is 5.56 Å². The summed E-state index contributed by atoms with van der Waals surface area (Å²) in [6.07, 6.45) is -2.96. The molecule has 180 valence electrons. The van der Waals surface area contributed by atoms with Crippen LogP contribution < -0.4 is 10.4 Å². The van der Waals surface area contributed by atoms with E-state index in [2.05, 4.69) is 11.9 Å². The van der Waals surface area contributed by atoms with Crippen molar-refractivity contribution < 1.29 is 27.1 Å². The summed E-state index contributed by atoms with van der Waals surface area (Å²) in [5.74, 6) is 0.295. The molecule has 3 aromatic rings. The fraction of sp³-hybridized carbons (Fsp3) is 0.385. The topological polar surface area (TPSA) is 59.8 Å². The zero-order valence-corrected chi connectivity index (χ0v) is 19.1. The highest BCUT2D eigenvalue weighted by molar-refractivity contribution is 5.86. The van der Waals surface area contributed by atoms with Gasteiger partial charge in [-0.15, -0.1) is 0 Å². The Labute approximate surface area is 195 Å². The molecule has 0 bridgehead atoms. The number of likely N-dealkylation sites (tertiary alicyclic amines) is 1. The largest absolute Gasteiger partial charge is 0.490 e. The van der Waals surface area contributed by atoms with Crippen LogP contribution in [0.2, 0.25) is 0 Å². The van der Waals surface area contributed by atoms with Crippen LogP contribution in [0.25, 0.3) is 11.0 Å². The average molecular weight is 473 g/mol. The van der Waals surface area contributed by atoms with E-state index >= 15 is 0 Å². The van der Waals surface area contributed by atoms with Gasteiger partial charge in [0.1, 0.15) is 23.2 Å². The van der Waals surface area contributed by atoms with Crippen LogP contribution in [-0.2, 0) is 23.8 Å². The van der Waals surface area contributed by atoms with Gasteiger partial charge in [0.2, 0.25) is 0 Å². The van der Waals surface area contributed by atoms with E-state index in [1.165, 1.54) is 12.1 Å². The summed E-state index contributed by atoms with van der Waals surface area (Å²) in [6, 6.07) is 9.88. The Hall–Kier alpha value is -3.13. The summed E-state index contributed by atoms with van der Waals surface area (Å²) in [7, 11) is 2.08. The highest BCUT2D eigenvalue weighted by Gasteiger charge is 2.30. The van der Waals surface area contributed by atoms with Crippen LogP contribution in [0.1, 0.15) is 35.1 Å². The third-order valence-corrected chi connectivity index (χ3v) is 6.18. The number of benzene rings is 2. The number of carbonyl (C=O) groups excluding carboxylic acids is 1. The first kappa shape index (κ1) is 24.0. The normalized spacial score (nSPS) is 15.6. The summed E-state index contributed by atoms with van der Waals surface area (Å²) in [4.78, 5) is 27.3. The van der Waals surface area contributed by atoms with Gasteiger partial charge >= 0.3 is 11.8 Å². The number of alkyl halides is 3. The number of hydrogen-bond acceptors (Lipinski definition) is 5. The van der Waals surface area contributed by atoms with Gasteiger partial charge in [-0.25, -0.2) is 4.79 Å². The van der Waals surface area contributed by atoms with Crippen molar-refractivity contribution in [1.82, 2.24) is 4.90 Å². The van der Waals surface area contributed by atoms with Crippen molar-refractivity contribution in [2.24, 2.45) is 0 Å². The molecule has 0 amide bonds. The van der Waals surface area contributed by atoms with Crippen LogP contribution in [-0.4, -0.2) is 36.9 Å². The third-order valence-electron chi connectivity index (χ3n) is 6.18. The van der Waals surface area contributed by atoms with Gasteiger partial charge in [-0.05, 0) is 56.6 Å². The monoisotopic (exact) mass is 473 g/mol. The molecule has 4 rings (SSSR count). The lowest BCUT2D eigenvalue weighted by Crippen LogP contribution is -2.35. The van der Waals surface area contributed by atoms with Gasteiger partial charge in [-0.3, -0.25) is 4.79 Å². The van der Waals surface area contributed by atoms with Gasteiger partial charge in [-0.1, -0.05) is 18.2 Å². The standard InChI is InChI=1S/C26H26F3NO4/c1-16-23(33-22-8-10-30(2)11-9-22)7-6-18-14-19(25(32)34-24(16)18)15-21(31)13-17-4-3-5-20(12-17)26(27,28)29/h3-7,12,14,22H,8-11,13,15H2,1-2H3. The van der Waals surface area contributed by atoms with E-state index in [-0.39, 0.29) is 35.9 Å². The minimum Gasteiger partial charge on any atom is -0.490 e. The van der Waals surface area contributed by atoms with Crippen LogP contribution in [0.15, 0.2) is 51.7 Å². The molecule has 8 heteroatoms. The molecule has 0 spiro atoms. The second-order valence-electron chi connectivity index (χ2n) is 8.88. The Bertz CT molecular complexity index is 1260. The number of fused-ring (bicyclic) bond motifs is 1. The maximum atomic E-state index is 12.9. The molecule has 2 heterocycles. The lowest BCUT2D eigenvalue weighted by Gasteiger charge is -2.29. The van der Waals surface area contributed by atoms with Gasteiger partial charge in [0.25, 0.3) is 0 Å². The predicted molar refractivity (Wildman–Crippen MR) is 122 cm³/mol. The van der Waals surface area contributed by atoms with Crippen LogP contribution in [0.5, 0.6) is 5.75 Å². The van der Waals surface area contributed by atoms with Gasteiger partial charge in [-0.2, -0.15) is 13.2 Å². The van der Waals surface area contributed by atoms with E-state index in [1.807, 2.05) is 13.0 Å². The zero-order valence-electron chi connectivity index (χ0n) is 19.1. The summed E-state index contributed by atoms with van der Waals surface area (Å²) in [5.41, 5.74) is 0.102. The summed E-state index contributed by atoms with van der Waals surface area (Å²) in [5, 5.41) is 0.662. The maximum Gasteiger partial charge on any atom is 0.416 e. The molecular formula is C26H26F3NO4. The molecule has 0 N–H and O–H groups in total. The number of aryl methyl sites for hydroxylation is 1.